The molecule has 8 nitrogen and oxygen atoms in total. The molecule has 0 aliphatic heterocycles. The van der Waals surface area contributed by atoms with Gasteiger partial charge in [-0.05, 0) is 48.6 Å². The number of anilines is 1. The zero-order valence-corrected chi connectivity index (χ0v) is 19.2. The molecule has 0 saturated carbocycles. The highest BCUT2D eigenvalue weighted by Crippen LogP contribution is 2.45. The van der Waals surface area contributed by atoms with Gasteiger partial charge in [-0.25, -0.2) is 14.6 Å². The van der Waals surface area contributed by atoms with Gasteiger partial charge in [-0.2, -0.15) is 0 Å². The molecule has 1 aliphatic carbocycles. The normalized spacial score (nSPS) is 13.0. The lowest BCUT2D eigenvalue weighted by molar-refractivity contribution is -0.123. The van der Waals surface area contributed by atoms with E-state index in [0.717, 1.165) is 22.4 Å². The molecule has 0 radical (unpaired) electrons. The largest absolute Gasteiger partial charge is 0.465 e. The number of fused-ring (bicyclic) bond motifs is 4. The molecule has 0 saturated heterocycles. The van der Waals surface area contributed by atoms with Gasteiger partial charge in [0.15, 0.2) is 18.1 Å². The number of aromatic nitrogens is 1. The minimum Gasteiger partial charge on any atom is -0.465 e. The zero-order chi connectivity index (χ0) is 23.8. The summed E-state index contributed by atoms with van der Waals surface area (Å²) in [6.07, 6.45) is 1.57. The van der Waals surface area contributed by atoms with Crippen molar-refractivity contribution < 1.29 is 28.3 Å². The molecule has 172 valence electrons. The standard InChI is InChI=1S/C25H20N2O6S/c1-13(33-24(29)17-8-5-9-18-20(17)26-12-32-18)22(28)27-23-19(25(30)31-2)16-11-10-14-6-3-4-7-15(14)21(16)34-23/h3-9,12-13H,10-11H2,1-2H3,(H,27,28). The van der Waals surface area contributed by atoms with Gasteiger partial charge in [-0.1, -0.05) is 30.3 Å². The highest BCUT2D eigenvalue weighted by Gasteiger charge is 2.31. The molecule has 5 rings (SSSR count). The van der Waals surface area contributed by atoms with Crippen molar-refractivity contribution in [1.29, 1.82) is 0 Å². The Hall–Kier alpha value is -3.98. The Morgan fingerprint density at radius 3 is 2.74 bits per heavy atom. The van der Waals surface area contributed by atoms with E-state index >= 15 is 0 Å². The van der Waals surface area contributed by atoms with Crippen LogP contribution in [0.3, 0.4) is 0 Å². The molecule has 0 fully saturated rings. The fourth-order valence-electron chi connectivity index (χ4n) is 4.09. The van der Waals surface area contributed by atoms with Gasteiger partial charge in [0.1, 0.15) is 10.5 Å². The Morgan fingerprint density at radius 2 is 1.91 bits per heavy atom. The topological polar surface area (TPSA) is 108 Å². The molecule has 1 amide bonds. The molecule has 2 heterocycles. The van der Waals surface area contributed by atoms with E-state index in [0.29, 0.717) is 28.1 Å². The van der Waals surface area contributed by atoms with Crippen molar-refractivity contribution in [3.8, 4) is 10.4 Å². The minimum atomic E-state index is -1.12. The van der Waals surface area contributed by atoms with Gasteiger partial charge in [0, 0.05) is 4.88 Å². The first-order valence-corrected chi connectivity index (χ1v) is 11.5. The first-order valence-electron chi connectivity index (χ1n) is 10.6. The first-order chi connectivity index (χ1) is 16.5. The van der Waals surface area contributed by atoms with Crippen LogP contribution in [0, 0.1) is 0 Å². The van der Waals surface area contributed by atoms with Gasteiger partial charge in [0.25, 0.3) is 5.91 Å². The number of carbonyl (C=O) groups excluding carboxylic acids is 3. The minimum absolute atomic E-state index is 0.198. The van der Waals surface area contributed by atoms with Gasteiger partial charge in [-0.15, -0.1) is 11.3 Å². The van der Waals surface area contributed by atoms with E-state index in [1.165, 1.54) is 37.3 Å². The molecule has 0 spiro atoms. The highest BCUT2D eigenvalue weighted by atomic mass is 32.1. The van der Waals surface area contributed by atoms with E-state index in [1.807, 2.05) is 18.2 Å². The Balaban J connectivity index is 1.40. The number of oxazole rings is 1. The second-order valence-electron chi connectivity index (χ2n) is 7.80. The molecule has 1 atom stereocenters. The summed E-state index contributed by atoms with van der Waals surface area (Å²) >= 11 is 1.32. The molecule has 2 aromatic carbocycles. The highest BCUT2D eigenvalue weighted by molar-refractivity contribution is 7.20. The van der Waals surface area contributed by atoms with Crippen molar-refractivity contribution in [2.24, 2.45) is 0 Å². The number of benzene rings is 2. The summed E-state index contributed by atoms with van der Waals surface area (Å²) in [6.45, 7) is 1.47. The number of hydrogen-bond donors (Lipinski definition) is 1. The number of rotatable bonds is 5. The smallest absolute Gasteiger partial charge is 0.341 e. The second-order valence-corrected chi connectivity index (χ2v) is 8.82. The summed E-state index contributed by atoms with van der Waals surface area (Å²) in [7, 11) is 1.31. The molecule has 0 bridgehead atoms. The van der Waals surface area contributed by atoms with Crippen LogP contribution in [-0.4, -0.2) is 36.0 Å². The van der Waals surface area contributed by atoms with Gasteiger partial charge < -0.3 is 19.2 Å². The number of methoxy groups -OCH3 is 1. The van der Waals surface area contributed by atoms with E-state index in [4.69, 9.17) is 13.9 Å². The summed E-state index contributed by atoms with van der Waals surface area (Å²) in [5.74, 6) is -1.78. The SMILES string of the molecule is COC(=O)c1c(NC(=O)C(C)OC(=O)c2cccc3ocnc23)sc2c1CCc1ccccc1-2. The molecule has 2 aromatic heterocycles. The fraction of sp³-hybridized carbons (Fsp3) is 0.200. The molecular weight excluding hydrogens is 456 g/mol. The molecule has 9 heteroatoms. The van der Waals surface area contributed by atoms with Crippen LogP contribution >= 0.6 is 11.3 Å². The zero-order valence-electron chi connectivity index (χ0n) is 18.4. The average molecular weight is 477 g/mol. The number of hydrogen-bond acceptors (Lipinski definition) is 8. The summed E-state index contributed by atoms with van der Waals surface area (Å²) in [6, 6.07) is 12.9. The Labute approximate surface area is 198 Å². The van der Waals surface area contributed by atoms with E-state index in [1.54, 1.807) is 18.2 Å². The first kappa shape index (κ1) is 21.8. The number of nitrogens with zero attached hydrogens (tertiary/aromatic N) is 1. The maximum absolute atomic E-state index is 12.9. The molecule has 1 unspecified atom stereocenters. The molecular formula is C25H20N2O6S. The van der Waals surface area contributed by atoms with Gasteiger partial charge >= 0.3 is 11.9 Å². The van der Waals surface area contributed by atoms with Crippen molar-refractivity contribution in [2.45, 2.75) is 25.9 Å². The maximum atomic E-state index is 12.9. The van der Waals surface area contributed by atoms with Crippen LogP contribution in [0.4, 0.5) is 5.00 Å². The number of aryl methyl sites for hydroxylation is 1. The quantitative estimate of drug-likeness (QED) is 0.419. The second kappa shape index (κ2) is 8.75. The summed E-state index contributed by atoms with van der Waals surface area (Å²) < 4.78 is 15.6. The lowest BCUT2D eigenvalue weighted by atomic mass is 9.89. The number of ether oxygens (including phenoxy) is 2. The van der Waals surface area contributed by atoms with Gasteiger partial charge in [0.2, 0.25) is 0 Å². The number of carbonyl (C=O) groups is 3. The fourth-order valence-corrected chi connectivity index (χ4v) is 5.39. The molecule has 1 N–H and O–H groups in total. The van der Waals surface area contributed by atoms with Crippen molar-refractivity contribution in [1.82, 2.24) is 4.98 Å². The van der Waals surface area contributed by atoms with Crippen LogP contribution in [0.5, 0.6) is 0 Å². The molecule has 34 heavy (non-hydrogen) atoms. The number of thiophene rings is 1. The summed E-state index contributed by atoms with van der Waals surface area (Å²) in [4.78, 5) is 43.2. The van der Waals surface area contributed by atoms with E-state index in [2.05, 4.69) is 16.4 Å². The lowest BCUT2D eigenvalue weighted by Gasteiger charge is -2.16. The third kappa shape index (κ3) is 3.73. The molecule has 1 aliphatic rings. The Kier molecular flexibility index (Phi) is 5.62. The summed E-state index contributed by atoms with van der Waals surface area (Å²) in [5, 5.41) is 3.14. The average Bonchev–Trinajstić information content (AvgIpc) is 3.47. The van der Waals surface area contributed by atoms with Crippen LogP contribution in [0.25, 0.3) is 21.5 Å². The third-order valence-electron chi connectivity index (χ3n) is 5.77. The Bertz CT molecular complexity index is 1440. The van der Waals surface area contributed by atoms with Crippen molar-refractivity contribution in [2.75, 3.05) is 12.4 Å². The van der Waals surface area contributed by atoms with Crippen LogP contribution in [-0.2, 0) is 27.1 Å². The van der Waals surface area contributed by atoms with Crippen LogP contribution in [0.2, 0.25) is 0 Å². The van der Waals surface area contributed by atoms with E-state index in [9.17, 15) is 14.4 Å². The van der Waals surface area contributed by atoms with Crippen LogP contribution < -0.4 is 5.32 Å². The van der Waals surface area contributed by atoms with Crippen LogP contribution in [0.15, 0.2) is 53.3 Å². The van der Waals surface area contributed by atoms with Crippen molar-refractivity contribution in [3.05, 3.63) is 71.1 Å². The maximum Gasteiger partial charge on any atom is 0.341 e. The number of para-hydroxylation sites is 1. The van der Waals surface area contributed by atoms with Crippen molar-refractivity contribution >= 4 is 45.3 Å². The van der Waals surface area contributed by atoms with Gasteiger partial charge in [0.05, 0.1) is 18.2 Å². The lowest BCUT2D eigenvalue weighted by Crippen LogP contribution is -2.30. The third-order valence-corrected chi connectivity index (χ3v) is 6.95. The van der Waals surface area contributed by atoms with E-state index < -0.39 is 23.9 Å². The van der Waals surface area contributed by atoms with E-state index in [-0.39, 0.29) is 5.56 Å². The monoisotopic (exact) mass is 476 g/mol. The van der Waals surface area contributed by atoms with Crippen molar-refractivity contribution in [3.63, 3.8) is 0 Å². The number of esters is 2. The number of nitrogens with one attached hydrogen (secondary N) is 1. The number of amides is 1. The predicted octanol–water partition coefficient (Wildman–Crippen LogP) is 4.63. The Morgan fingerprint density at radius 1 is 1.09 bits per heavy atom. The molecule has 4 aromatic rings. The van der Waals surface area contributed by atoms with Crippen LogP contribution in [0.1, 0.15) is 38.8 Å². The predicted molar refractivity (Wildman–Crippen MR) is 126 cm³/mol. The van der Waals surface area contributed by atoms with Gasteiger partial charge in [-0.3, -0.25) is 4.79 Å². The summed E-state index contributed by atoms with van der Waals surface area (Å²) in [5.41, 5.74) is 4.43.